The van der Waals surface area contributed by atoms with Crippen molar-refractivity contribution in [2.24, 2.45) is 5.73 Å². The highest BCUT2D eigenvalue weighted by Gasteiger charge is 2.22. The summed E-state index contributed by atoms with van der Waals surface area (Å²) >= 11 is 0. The Bertz CT molecular complexity index is 389. The average molecular weight is 225 g/mol. The van der Waals surface area contributed by atoms with E-state index in [1.165, 1.54) is 7.11 Å². The number of carbonyl (C=O) groups is 1. The van der Waals surface area contributed by atoms with Crippen LogP contribution in [0.25, 0.3) is 0 Å². The maximum Gasteiger partial charge on any atom is 0.313 e. The standard InChI is InChI=1S/C9H15N5O2/c1-16-8(15)4-7-12-9-11-3-2-6(5-10)14(9)13-7/h6H,2-5,10H2,1H3,(H,11,12,13). The molecule has 2 heterocycles. The van der Waals surface area contributed by atoms with E-state index in [0.29, 0.717) is 18.3 Å². The van der Waals surface area contributed by atoms with Crippen LogP contribution in [0.15, 0.2) is 0 Å². The number of rotatable bonds is 3. The quantitative estimate of drug-likeness (QED) is 0.661. The molecule has 0 amide bonds. The maximum atomic E-state index is 11.1. The van der Waals surface area contributed by atoms with Crippen LogP contribution in [0.3, 0.4) is 0 Å². The summed E-state index contributed by atoms with van der Waals surface area (Å²) < 4.78 is 6.32. The second kappa shape index (κ2) is 4.48. The van der Waals surface area contributed by atoms with Crippen molar-refractivity contribution in [3.8, 4) is 0 Å². The fourth-order valence-electron chi connectivity index (χ4n) is 1.71. The fraction of sp³-hybridized carbons (Fsp3) is 0.667. The first kappa shape index (κ1) is 10.9. The average Bonchev–Trinajstić information content (AvgIpc) is 2.70. The lowest BCUT2D eigenvalue weighted by molar-refractivity contribution is -0.139. The number of hydrogen-bond acceptors (Lipinski definition) is 6. The van der Waals surface area contributed by atoms with Crippen LogP contribution >= 0.6 is 0 Å². The van der Waals surface area contributed by atoms with Gasteiger partial charge in [0, 0.05) is 13.1 Å². The number of aromatic nitrogens is 3. The van der Waals surface area contributed by atoms with Crippen molar-refractivity contribution in [1.82, 2.24) is 14.8 Å². The largest absolute Gasteiger partial charge is 0.469 e. The van der Waals surface area contributed by atoms with Gasteiger partial charge in [-0.3, -0.25) is 4.79 Å². The van der Waals surface area contributed by atoms with Gasteiger partial charge >= 0.3 is 5.97 Å². The summed E-state index contributed by atoms with van der Waals surface area (Å²) in [5.41, 5.74) is 5.65. The van der Waals surface area contributed by atoms with E-state index in [-0.39, 0.29) is 18.4 Å². The first-order valence-electron chi connectivity index (χ1n) is 5.20. The molecule has 1 aromatic heterocycles. The minimum atomic E-state index is -0.341. The predicted molar refractivity (Wildman–Crippen MR) is 56.9 cm³/mol. The van der Waals surface area contributed by atoms with Crippen molar-refractivity contribution in [2.75, 3.05) is 25.5 Å². The Hall–Kier alpha value is -1.63. The molecule has 0 radical (unpaired) electrons. The molecule has 0 saturated heterocycles. The van der Waals surface area contributed by atoms with Crippen molar-refractivity contribution in [3.05, 3.63) is 5.82 Å². The van der Waals surface area contributed by atoms with Gasteiger partial charge in [0.15, 0.2) is 5.82 Å². The van der Waals surface area contributed by atoms with Crippen LogP contribution < -0.4 is 11.1 Å². The van der Waals surface area contributed by atoms with Crippen LogP contribution in [-0.4, -0.2) is 40.9 Å². The zero-order chi connectivity index (χ0) is 11.5. The van der Waals surface area contributed by atoms with E-state index in [1.807, 2.05) is 0 Å². The van der Waals surface area contributed by atoms with E-state index in [1.54, 1.807) is 4.68 Å². The summed E-state index contributed by atoms with van der Waals surface area (Å²) in [4.78, 5) is 15.3. The number of fused-ring (bicyclic) bond motifs is 1. The maximum absolute atomic E-state index is 11.1. The number of anilines is 1. The fourth-order valence-corrected chi connectivity index (χ4v) is 1.71. The van der Waals surface area contributed by atoms with E-state index in [2.05, 4.69) is 20.1 Å². The Balaban J connectivity index is 2.18. The van der Waals surface area contributed by atoms with Gasteiger partial charge in [0.25, 0.3) is 0 Å². The molecule has 1 aliphatic heterocycles. The van der Waals surface area contributed by atoms with E-state index in [9.17, 15) is 4.79 Å². The smallest absolute Gasteiger partial charge is 0.313 e. The monoisotopic (exact) mass is 225 g/mol. The van der Waals surface area contributed by atoms with Crippen LogP contribution in [0.5, 0.6) is 0 Å². The Morgan fingerprint density at radius 2 is 2.56 bits per heavy atom. The second-order valence-corrected chi connectivity index (χ2v) is 3.65. The molecular formula is C9H15N5O2. The Labute approximate surface area is 93.0 Å². The van der Waals surface area contributed by atoms with Gasteiger partial charge in [-0.25, -0.2) is 4.68 Å². The normalized spacial score (nSPS) is 18.8. The first-order valence-corrected chi connectivity index (χ1v) is 5.20. The van der Waals surface area contributed by atoms with Gasteiger partial charge in [-0.15, -0.1) is 0 Å². The highest BCUT2D eigenvalue weighted by Crippen LogP contribution is 2.20. The van der Waals surface area contributed by atoms with E-state index in [4.69, 9.17) is 5.73 Å². The molecule has 0 fully saturated rings. The van der Waals surface area contributed by atoms with Crippen LogP contribution in [0.4, 0.5) is 5.95 Å². The number of esters is 1. The molecular weight excluding hydrogens is 210 g/mol. The lowest BCUT2D eigenvalue weighted by Crippen LogP contribution is -2.29. The number of ether oxygens (including phenoxy) is 1. The third-order valence-electron chi connectivity index (χ3n) is 2.58. The number of carbonyl (C=O) groups excluding carboxylic acids is 1. The van der Waals surface area contributed by atoms with Gasteiger partial charge in [-0.1, -0.05) is 0 Å². The van der Waals surface area contributed by atoms with Crippen molar-refractivity contribution < 1.29 is 9.53 Å². The van der Waals surface area contributed by atoms with Crippen LogP contribution in [0.2, 0.25) is 0 Å². The number of hydrogen-bond donors (Lipinski definition) is 2. The molecule has 0 saturated carbocycles. The summed E-state index contributed by atoms with van der Waals surface area (Å²) in [5.74, 6) is 0.808. The van der Waals surface area contributed by atoms with Gasteiger partial charge in [-0.2, -0.15) is 10.1 Å². The molecule has 16 heavy (non-hydrogen) atoms. The van der Waals surface area contributed by atoms with Gasteiger partial charge in [0.2, 0.25) is 5.95 Å². The molecule has 0 bridgehead atoms. The molecule has 2 rings (SSSR count). The summed E-state index contributed by atoms with van der Waals surface area (Å²) in [6, 6.07) is 0.162. The predicted octanol–water partition coefficient (Wildman–Crippen LogP) is -0.691. The lowest BCUT2D eigenvalue weighted by Gasteiger charge is -2.22. The van der Waals surface area contributed by atoms with Gasteiger partial charge < -0.3 is 15.8 Å². The zero-order valence-corrected chi connectivity index (χ0v) is 9.14. The third-order valence-corrected chi connectivity index (χ3v) is 2.58. The molecule has 7 nitrogen and oxygen atoms in total. The van der Waals surface area contributed by atoms with Crippen LogP contribution in [0.1, 0.15) is 18.3 Å². The third kappa shape index (κ3) is 1.99. The molecule has 0 aromatic carbocycles. The molecule has 7 heteroatoms. The van der Waals surface area contributed by atoms with Crippen molar-refractivity contribution in [2.45, 2.75) is 18.9 Å². The highest BCUT2D eigenvalue weighted by molar-refractivity contribution is 5.71. The van der Waals surface area contributed by atoms with Gasteiger partial charge in [0.1, 0.15) is 6.42 Å². The molecule has 0 spiro atoms. The molecule has 1 atom stereocenters. The minimum Gasteiger partial charge on any atom is -0.469 e. The Morgan fingerprint density at radius 1 is 1.75 bits per heavy atom. The van der Waals surface area contributed by atoms with Crippen LogP contribution in [0, 0.1) is 0 Å². The molecule has 88 valence electrons. The molecule has 1 aliphatic rings. The number of methoxy groups -OCH3 is 1. The van der Waals surface area contributed by atoms with Gasteiger partial charge in [0.05, 0.1) is 13.2 Å². The Kier molecular flexibility index (Phi) is 3.04. The second-order valence-electron chi connectivity index (χ2n) is 3.65. The molecule has 1 unspecified atom stereocenters. The topological polar surface area (TPSA) is 95.1 Å². The van der Waals surface area contributed by atoms with E-state index in [0.717, 1.165) is 13.0 Å². The number of nitrogens with one attached hydrogen (secondary N) is 1. The van der Waals surface area contributed by atoms with E-state index >= 15 is 0 Å². The minimum absolute atomic E-state index is 0.0927. The Morgan fingerprint density at radius 3 is 3.25 bits per heavy atom. The van der Waals surface area contributed by atoms with Crippen molar-refractivity contribution >= 4 is 11.9 Å². The van der Waals surface area contributed by atoms with Crippen LogP contribution in [-0.2, 0) is 16.0 Å². The molecule has 1 aromatic rings. The van der Waals surface area contributed by atoms with Crippen molar-refractivity contribution in [1.29, 1.82) is 0 Å². The summed E-state index contributed by atoms with van der Waals surface area (Å²) in [5, 5.41) is 7.37. The SMILES string of the molecule is COC(=O)Cc1nc2n(n1)C(CN)CCN2. The zero-order valence-electron chi connectivity index (χ0n) is 9.14. The molecule has 3 N–H and O–H groups in total. The summed E-state index contributed by atoms with van der Waals surface area (Å²) in [6.07, 6.45) is 1.01. The van der Waals surface area contributed by atoms with Gasteiger partial charge in [-0.05, 0) is 6.42 Å². The van der Waals surface area contributed by atoms with Crippen molar-refractivity contribution in [3.63, 3.8) is 0 Å². The number of nitrogens with two attached hydrogens (primary N) is 1. The number of nitrogens with zero attached hydrogens (tertiary/aromatic N) is 3. The van der Waals surface area contributed by atoms with E-state index < -0.39 is 0 Å². The lowest BCUT2D eigenvalue weighted by atomic mass is 10.2. The first-order chi connectivity index (χ1) is 7.74. The molecule has 0 aliphatic carbocycles. The summed E-state index contributed by atoms with van der Waals surface area (Å²) in [7, 11) is 1.35. The highest BCUT2D eigenvalue weighted by atomic mass is 16.5. The summed E-state index contributed by atoms with van der Waals surface area (Å²) in [6.45, 7) is 1.36.